The minimum atomic E-state index is -0.346. The van der Waals surface area contributed by atoms with Crippen LogP contribution in [0.25, 0.3) is 11.0 Å². The number of carbonyl (C=O) groups excluding carboxylic acids is 1. The quantitative estimate of drug-likeness (QED) is 0.417. The minimum Gasteiger partial charge on any atom is -0.465 e. The van der Waals surface area contributed by atoms with Gasteiger partial charge in [-0.3, -0.25) is 0 Å². The minimum absolute atomic E-state index is 0.346. The second-order valence-electron chi connectivity index (χ2n) is 8.78. The average Bonchev–Trinajstić information content (AvgIpc) is 3.19. The lowest BCUT2D eigenvalue weighted by Gasteiger charge is -2.42. The van der Waals surface area contributed by atoms with Crippen molar-refractivity contribution >= 4 is 39.9 Å². The SMILES string of the molecule is COC(=O)c1ccc2c(c1)nc(/N=C1\SCN1C1CCCCC1)n2CCCc1ccccc1. The van der Waals surface area contributed by atoms with Gasteiger partial charge < -0.3 is 14.2 Å². The average molecular weight is 463 g/mol. The molecule has 2 aromatic carbocycles. The first kappa shape index (κ1) is 22.0. The van der Waals surface area contributed by atoms with E-state index in [4.69, 9.17) is 14.7 Å². The fourth-order valence-corrected chi connectivity index (χ4v) is 5.69. The number of carbonyl (C=O) groups is 1. The highest BCUT2D eigenvalue weighted by Crippen LogP contribution is 2.35. The number of hydrogen-bond donors (Lipinski definition) is 0. The van der Waals surface area contributed by atoms with Gasteiger partial charge in [0.15, 0.2) is 5.17 Å². The first-order valence-corrected chi connectivity index (χ1v) is 12.8. The molecule has 33 heavy (non-hydrogen) atoms. The Labute approximate surface area is 199 Å². The van der Waals surface area contributed by atoms with Crippen molar-refractivity contribution in [2.75, 3.05) is 13.0 Å². The van der Waals surface area contributed by atoms with Crippen LogP contribution in [0.15, 0.2) is 53.5 Å². The van der Waals surface area contributed by atoms with E-state index in [1.807, 2.05) is 24.3 Å². The zero-order chi connectivity index (χ0) is 22.6. The van der Waals surface area contributed by atoms with Crippen LogP contribution in [0.3, 0.4) is 0 Å². The molecule has 1 aromatic heterocycles. The highest BCUT2D eigenvalue weighted by atomic mass is 32.2. The van der Waals surface area contributed by atoms with Crippen molar-refractivity contribution in [2.24, 2.45) is 4.99 Å². The molecule has 0 bridgehead atoms. The van der Waals surface area contributed by atoms with Gasteiger partial charge in [-0.1, -0.05) is 61.4 Å². The third-order valence-electron chi connectivity index (χ3n) is 6.63. The summed E-state index contributed by atoms with van der Waals surface area (Å²) in [5, 5.41) is 1.08. The fraction of sp³-hybridized carbons (Fsp3) is 0.423. The lowest BCUT2D eigenvalue weighted by Crippen LogP contribution is -2.46. The topological polar surface area (TPSA) is 59.7 Å². The van der Waals surface area contributed by atoms with Crippen molar-refractivity contribution in [3.8, 4) is 0 Å². The number of methoxy groups -OCH3 is 1. The lowest BCUT2D eigenvalue weighted by atomic mass is 9.95. The van der Waals surface area contributed by atoms with Crippen molar-refractivity contribution in [2.45, 2.75) is 57.5 Å². The number of amidine groups is 1. The van der Waals surface area contributed by atoms with E-state index in [0.717, 1.165) is 47.4 Å². The number of nitrogens with zero attached hydrogens (tertiary/aromatic N) is 4. The maximum atomic E-state index is 12.0. The maximum absolute atomic E-state index is 12.0. The zero-order valence-electron chi connectivity index (χ0n) is 19.1. The van der Waals surface area contributed by atoms with Gasteiger partial charge in [-0.15, -0.1) is 0 Å². The van der Waals surface area contributed by atoms with E-state index in [1.54, 1.807) is 11.8 Å². The van der Waals surface area contributed by atoms with Crippen molar-refractivity contribution < 1.29 is 9.53 Å². The van der Waals surface area contributed by atoms with Crippen molar-refractivity contribution in [1.82, 2.24) is 14.5 Å². The van der Waals surface area contributed by atoms with Crippen LogP contribution in [-0.2, 0) is 17.7 Å². The van der Waals surface area contributed by atoms with Crippen LogP contribution in [-0.4, -0.2) is 44.6 Å². The number of esters is 1. The number of ether oxygens (including phenoxy) is 1. The predicted molar refractivity (Wildman–Crippen MR) is 134 cm³/mol. The van der Waals surface area contributed by atoms with Crippen molar-refractivity contribution in [3.63, 3.8) is 0 Å². The summed E-state index contributed by atoms with van der Waals surface area (Å²) in [7, 11) is 1.40. The molecule has 0 unspecified atom stereocenters. The number of thioether (sulfide) groups is 1. The lowest BCUT2D eigenvalue weighted by molar-refractivity contribution is 0.0601. The van der Waals surface area contributed by atoms with Crippen molar-refractivity contribution in [3.05, 3.63) is 59.7 Å². The van der Waals surface area contributed by atoms with Gasteiger partial charge in [0.05, 0.1) is 29.6 Å². The first-order chi connectivity index (χ1) is 16.2. The smallest absolute Gasteiger partial charge is 0.337 e. The summed E-state index contributed by atoms with van der Waals surface area (Å²) < 4.78 is 7.10. The second-order valence-corrected chi connectivity index (χ2v) is 9.69. The molecule has 0 radical (unpaired) electrons. The number of benzene rings is 2. The first-order valence-electron chi connectivity index (χ1n) is 11.8. The number of rotatable bonds is 7. The van der Waals surface area contributed by atoms with E-state index in [1.165, 1.54) is 44.8 Å². The van der Waals surface area contributed by atoms with Gasteiger partial charge in [0.2, 0.25) is 5.95 Å². The Morgan fingerprint density at radius 3 is 2.70 bits per heavy atom. The number of imidazole rings is 1. The fourth-order valence-electron chi connectivity index (χ4n) is 4.79. The Bertz CT molecular complexity index is 1150. The molecule has 172 valence electrons. The van der Waals surface area contributed by atoms with Crippen LogP contribution in [0.1, 0.15) is 54.4 Å². The molecule has 3 aromatic rings. The third kappa shape index (κ3) is 4.78. The molecular formula is C26H30N4O2S. The molecule has 2 aliphatic rings. The van der Waals surface area contributed by atoms with Gasteiger partial charge >= 0.3 is 5.97 Å². The largest absolute Gasteiger partial charge is 0.465 e. The Kier molecular flexibility index (Phi) is 6.67. The summed E-state index contributed by atoms with van der Waals surface area (Å²) in [6, 6.07) is 16.8. The van der Waals surface area contributed by atoms with Gasteiger partial charge in [-0.2, -0.15) is 4.99 Å². The molecule has 7 heteroatoms. The Balaban J connectivity index is 1.43. The monoisotopic (exact) mass is 462 g/mol. The Hall–Kier alpha value is -2.80. The molecule has 1 aliphatic carbocycles. The number of hydrogen-bond acceptors (Lipinski definition) is 5. The van der Waals surface area contributed by atoms with Crippen LogP contribution in [0.2, 0.25) is 0 Å². The third-order valence-corrected chi connectivity index (χ3v) is 7.62. The van der Waals surface area contributed by atoms with E-state index in [2.05, 4.69) is 33.7 Å². The molecule has 0 amide bonds. The molecule has 1 saturated heterocycles. The van der Waals surface area contributed by atoms with E-state index in [0.29, 0.717) is 11.6 Å². The zero-order valence-corrected chi connectivity index (χ0v) is 19.9. The van der Waals surface area contributed by atoms with Crippen LogP contribution in [0.5, 0.6) is 0 Å². The van der Waals surface area contributed by atoms with E-state index >= 15 is 0 Å². The summed E-state index contributed by atoms with van der Waals surface area (Å²) in [4.78, 5) is 24.4. The highest BCUT2D eigenvalue weighted by Gasteiger charge is 2.31. The van der Waals surface area contributed by atoms with Crippen LogP contribution >= 0.6 is 11.8 Å². The highest BCUT2D eigenvalue weighted by molar-refractivity contribution is 8.15. The van der Waals surface area contributed by atoms with Crippen LogP contribution < -0.4 is 0 Å². The van der Waals surface area contributed by atoms with Gasteiger partial charge in [-0.05, 0) is 49.4 Å². The molecule has 0 N–H and O–H groups in total. The summed E-state index contributed by atoms with van der Waals surface area (Å²) in [6.07, 6.45) is 8.49. The van der Waals surface area contributed by atoms with E-state index in [-0.39, 0.29) is 5.97 Å². The number of aromatic nitrogens is 2. The normalized spacial score (nSPS) is 18.0. The molecule has 5 rings (SSSR count). The molecule has 1 saturated carbocycles. The molecule has 2 heterocycles. The van der Waals surface area contributed by atoms with E-state index in [9.17, 15) is 4.79 Å². The maximum Gasteiger partial charge on any atom is 0.337 e. The van der Waals surface area contributed by atoms with Crippen LogP contribution in [0.4, 0.5) is 5.95 Å². The molecule has 2 fully saturated rings. The Morgan fingerprint density at radius 2 is 1.97 bits per heavy atom. The van der Waals surface area contributed by atoms with Crippen LogP contribution in [0, 0.1) is 0 Å². The molecular weight excluding hydrogens is 432 g/mol. The van der Waals surface area contributed by atoms with E-state index < -0.39 is 0 Å². The summed E-state index contributed by atoms with van der Waals surface area (Å²) in [6.45, 7) is 0.823. The van der Waals surface area contributed by atoms with Gasteiger partial charge in [0, 0.05) is 12.6 Å². The summed E-state index contributed by atoms with van der Waals surface area (Å²) in [5.74, 6) is 1.40. The molecule has 0 atom stereocenters. The standard InChI is InChI=1S/C26H30N4O2S/c1-32-24(31)20-14-15-23-22(17-20)27-25(29(23)16-8-11-19-9-4-2-5-10-19)28-26-30(18-33-26)21-12-6-3-7-13-21/h2,4-5,9-10,14-15,17,21H,3,6-8,11-13,16,18H2,1H3/b28-26-. The molecule has 0 spiro atoms. The predicted octanol–water partition coefficient (Wildman–Crippen LogP) is 5.78. The van der Waals surface area contributed by atoms with Crippen molar-refractivity contribution in [1.29, 1.82) is 0 Å². The summed E-state index contributed by atoms with van der Waals surface area (Å²) >= 11 is 1.80. The van der Waals surface area contributed by atoms with Gasteiger partial charge in [-0.25, -0.2) is 9.78 Å². The number of aryl methyl sites for hydroxylation is 2. The summed E-state index contributed by atoms with van der Waals surface area (Å²) in [5.41, 5.74) is 3.63. The molecule has 6 nitrogen and oxygen atoms in total. The van der Waals surface area contributed by atoms with Gasteiger partial charge in [0.1, 0.15) is 0 Å². The second kappa shape index (κ2) is 10.00. The molecule has 1 aliphatic heterocycles. The number of fused-ring (bicyclic) bond motifs is 1. The number of aliphatic imine (C=N–C) groups is 1. The Morgan fingerprint density at radius 1 is 1.15 bits per heavy atom. The van der Waals surface area contributed by atoms with Gasteiger partial charge in [0.25, 0.3) is 0 Å².